The second kappa shape index (κ2) is 6.28. The molecule has 0 bridgehead atoms. The number of H-pyrrole nitrogens is 1. The van der Waals surface area contributed by atoms with Crippen molar-refractivity contribution < 1.29 is 9.53 Å². The fourth-order valence-corrected chi connectivity index (χ4v) is 2.25. The van der Waals surface area contributed by atoms with Gasteiger partial charge in [-0.15, -0.1) is 0 Å². The van der Waals surface area contributed by atoms with E-state index in [0.29, 0.717) is 10.9 Å². The molecule has 124 valence electrons. The van der Waals surface area contributed by atoms with E-state index in [1.165, 1.54) is 0 Å². The molecule has 2 rings (SSSR count). The third-order valence-corrected chi connectivity index (χ3v) is 3.22. The fourth-order valence-electron chi connectivity index (χ4n) is 2.25. The van der Waals surface area contributed by atoms with Crippen LogP contribution in [0.25, 0.3) is 10.9 Å². The van der Waals surface area contributed by atoms with Gasteiger partial charge in [0.2, 0.25) is 0 Å². The first-order chi connectivity index (χ1) is 10.7. The average Bonchev–Trinajstić information content (AvgIpc) is 2.40. The molecule has 23 heavy (non-hydrogen) atoms. The smallest absolute Gasteiger partial charge is 0.407 e. The van der Waals surface area contributed by atoms with E-state index in [0.717, 1.165) is 10.1 Å². The molecule has 0 saturated heterocycles. The molecular weight excluding hydrogens is 298 g/mol. The third kappa shape index (κ3) is 4.00. The Labute approximate surface area is 133 Å². The number of aromatic nitrogens is 2. The molecule has 1 aromatic heterocycles. The van der Waals surface area contributed by atoms with Gasteiger partial charge in [0, 0.05) is 13.1 Å². The van der Waals surface area contributed by atoms with E-state index in [1.807, 2.05) is 13.0 Å². The van der Waals surface area contributed by atoms with Gasteiger partial charge in [-0.3, -0.25) is 9.36 Å². The van der Waals surface area contributed by atoms with Gasteiger partial charge in [-0.05, 0) is 39.3 Å². The van der Waals surface area contributed by atoms with Crippen LogP contribution in [0.4, 0.5) is 4.79 Å². The molecule has 0 atom stereocenters. The Morgan fingerprint density at radius 2 is 2.00 bits per heavy atom. The zero-order valence-corrected chi connectivity index (χ0v) is 13.7. The van der Waals surface area contributed by atoms with Crippen LogP contribution >= 0.6 is 0 Å². The van der Waals surface area contributed by atoms with Gasteiger partial charge in [0.15, 0.2) is 0 Å². The number of fused-ring (bicyclic) bond motifs is 1. The number of amides is 1. The minimum absolute atomic E-state index is 0.0671. The van der Waals surface area contributed by atoms with Crippen molar-refractivity contribution in [3.05, 3.63) is 44.6 Å². The van der Waals surface area contributed by atoms with Gasteiger partial charge in [0.25, 0.3) is 5.56 Å². The predicted octanol–water partition coefficient (Wildman–Crippen LogP) is 1.52. The standard InChI is InChI=1S/C16H21N3O4/c1-10-6-5-7-11-12(10)13(20)19(14(21)18-11)9-8-17-15(22)23-16(2,3)4/h5-7H,8-9H2,1-4H3,(H,17,22)(H,18,21). The molecule has 0 spiro atoms. The number of ether oxygens (including phenoxy) is 1. The monoisotopic (exact) mass is 319 g/mol. The molecule has 0 fully saturated rings. The predicted molar refractivity (Wildman–Crippen MR) is 87.8 cm³/mol. The van der Waals surface area contributed by atoms with Crippen LogP contribution in [0.2, 0.25) is 0 Å². The first-order valence-corrected chi connectivity index (χ1v) is 7.38. The lowest BCUT2D eigenvalue weighted by molar-refractivity contribution is 0.0526. The number of carbonyl (C=O) groups is 1. The summed E-state index contributed by atoms with van der Waals surface area (Å²) in [5, 5.41) is 3.01. The molecule has 0 saturated carbocycles. The summed E-state index contributed by atoms with van der Waals surface area (Å²) in [5.41, 5.74) is -0.167. The van der Waals surface area contributed by atoms with E-state index in [9.17, 15) is 14.4 Å². The number of carbonyl (C=O) groups excluding carboxylic acids is 1. The Kier molecular flexibility index (Phi) is 4.58. The lowest BCUT2D eigenvalue weighted by Gasteiger charge is -2.19. The second-order valence-corrected chi connectivity index (χ2v) is 6.31. The molecule has 2 aromatic rings. The summed E-state index contributed by atoms with van der Waals surface area (Å²) < 4.78 is 6.18. The summed E-state index contributed by atoms with van der Waals surface area (Å²) >= 11 is 0. The molecule has 0 unspecified atom stereocenters. The topological polar surface area (TPSA) is 93.2 Å². The van der Waals surface area contributed by atoms with Crippen LogP contribution in [-0.4, -0.2) is 27.8 Å². The summed E-state index contributed by atoms with van der Waals surface area (Å²) in [6.07, 6.45) is -0.584. The van der Waals surface area contributed by atoms with Gasteiger partial charge >= 0.3 is 11.8 Å². The zero-order chi connectivity index (χ0) is 17.2. The van der Waals surface area contributed by atoms with E-state index >= 15 is 0 Å². The van der Waals surface area contributed by atoms with Crippen molar-refractivity contribution in [2.75, 3.05) is 6.54 Å². The lowest BCUT2D eigenvalue weighted by atomic mass is 10.1. The number of benzene rings is 1. The molecule has 7 heteroatoms. The highest BCUT2D eigenvalue weighted by molar-refractivity contribution is 5.80. The maximum absolute atomic E-state index is 12.5. The molecule has 0 aliphatic carbocycles. The number of nitrogens with zero attached hydrogens (tertiary/aromatic N) is 1. The van der Waals surface area contributed by atoms with Crippen molar-refractivity contribution >= 4 is 17.0 Å². The Bertz CT molecular complexity index is 843. The molecule has 2 N–H and O–H groups in total. The molecule has 1 heterocycles. The molecule has 0 aliphatic heterocycles. The first-order valence-electron chi connectivity index (χ1n) is 7.38. The molecular formula is C16H21N3O4. The van der Waals surface area contributed by atoms with Crippen LogP contribution in [0.5, 0.6) is 0 Å². The van der Waals surface area contributed by atoms with Gasteiger partial charge in [0.05, 0.1) is 10.9 Å². The highest BCUT2D eigenvalue weighted by Gasteiger charge is 2.16. The number of aryl methyl sites for hydroxylation is 1. The number of nitrogens with one attached hydrogen (secondary N) is 2. The van der Waals surface area contributed by atoms with Crippen LogP contribution in [0.1, 0.15) is 26.3 Å². The van der Waals surface area contributed by atoms with Crippen molar-refractivity contribution in [2.45, 2.75) is 39.8 Å². The van der Waals surface area contributed by atoms with E-state index in [4.69, 9.17) is 4.74 Å². The highest BCUT2D eigenvalue weighted by Crippen LogP contribution is 2.10. The maximum Gasteiger partial charge on any atom is 0.407 e. The molecule has 1 aromatic carbocycles. The number of hydrogen-bond acceptors (Lipinski definition) is 4. The molecule has 0 aliphatic rings. The Morgan fingerprint density at radius 1 is 1.30 bits per heavy atom. The van der Waals surface area contributed by atoms with Crippen LogP contribution in [0.15, 0.2) is 27.8 Å². The van der Waals surface area contributed by atoms with E-state index in [-0.39, 0.29) is 18.6 Å². The quantitative estimate of drug-likeness (QED) is 0.897. The zero-order valence-electron chi connectivity index (χ0n) is 13.7. The first kappa shape index (κ1) is 16.8. The number of rotatable bonds is 3. The van der Waals surface area contributed by atoms with Crippen LogP contribution in [0.3, 0.4) is 0 Å². The summed E-state index contributed by atoms with van der Waals surface area (Å²) in [4.78, 5) is 38.8. The number of hydrogen-bond donors (Lipinski definition) is 2. The largest absolute Gasteiger partial charge is 0.444 e. The van der Waals surface area contributed by atoms with Crippen molar-refractivity contribution in [1.82, 2.24) is 14.9 Å². The van der Waals surface area contributed by atoms with Crippen molar-refractivity contribution in [1.29, 1.82) is 0 Å². The molecule has 7 nitrogen and oxygen atoms in total. The minimum Gasteiger partial charge on any atom is -0.444 e. The summed E-state index contributed by atoms with van der Waals surface area (Å²) in [6.45, 7) is 7.27. The van der Waals surface area contributed by atoms with Crippen molar-refractivity contribution in [3.63, 3.8) is 0 Å². The van der Waals surface area contributed by atoms with Crippen molar-refractivity contribution in [3.8, 4) is 0 Å². The van der Waals surface area contributed by atoms with Gasteiger partial charge in [-0.25, -0.2) is 9.59 Å². The van der Waals surface area contributed by atoms with Gasteiger partial charge in [-0.1, -0.05) is 12.1 Å². The maximum atomic E-state index is 12.5. The number of alkyl carbamates (subject to hydrolysis) is 1. The highest BCUT2D eigenvalue weighted by atomic mass is 16.6. The Morgan fingerprint density at radius 3 is 2.65 bits per heavy atom. The van der Waals surface area contributed by atoms with E-state index < -0.39 is 17.4 Å². The fraction of sp³-hybridized carbons (Fsp3) is 0.438. The van der Waals surface area contributed by atoms with Gasteiger partial charge in [0.1, 0.15) is 5.60 Å². The van der Waals surface area contributed by atoms with Crippen LogP contribution in [-0.2, 0) is 11.3 Å². The SMILES string of the molecule is Cc1cccc2[nH]c(=O)n(CCNC(=O)OC(C)(C)C)c(=O)c12. The summed E-state index contributed by atoms with van der Waals surface area (Å²) in [7, 11) is 0. The summed E-state index contributed by atoms with van der Waals surface area (Å²) in [5.74, 6) is 0. The summed E-state index contributed by atoms with van der Waals surface area (Å²) in [6, 6.07) is 5.28. The molecule has 1 amide bonds. The van der Waals surface area contributed by atoms with E-state index in [1.54, 1.807) is 32.9 Å². The van der Waals surface area contributed by atoms with Gasteiger partial charge in [-0.2, -0.15) is 0 Å². The normalized spacial score (nSPS) is 11.5. The Balaban J connectivity index is 2.18. The lowest BCUT2D eigenvalue weighted by Crippen LogP contribution is -2.40. The van der Waals surface area contributed by atoms with Crippen LogP contribution < -0.4 is 16.6 Å². The van der Waals surface area contributed by atoms with Crippen molar-refractivity contribution in [2.24, 2.45) is 0 Å². The van der Waals surface area contributed by atoms with E-state index in [2.05, 4.69) is 10.3 Å². The second-order valence-electron chi connectivity index (χ2n) is 6.31. The average molecular weight is 319 g/mol. The van der Waals surface area contributed by atoms with Crippen LogP contribution in [0, 0.1) is 6.92 Å². The number of aromatic amines is 1. The molecule has 0 radical (unpaired) electrons. The Hall–Kier alpha value is -2.57. The van der Waals surface area contributed by atoms with Gasteiger partial charge < -0.3 is 15.0 Å². The third-order valence-electron chi connectivity index (χ3n) is 3.22. The minimum atomic E-state index is -0.599.